The van der Waals surface area contributed by atoms with E-state index in [1.807, 2.05) is 33.9 Å². The Morgan fingerprint density at radius 1 is 1.41 bits per heavy atom. The molecule has 0 radical (unpaired) electrons. The highest BCUT2D eigenvalue weighted by Crippen LogP contribution is 2.40. The minimum atomic E-state index is -0.425. The van der Waals surface area contributed by atoms with Crippen molar-refractivity contribution in [2.75, 3.05) is 19.0 Å². The van der Waals surface area contributed by atoms with Crippen LogP contribution in [-0.4, -0.2) is 23.6 Å². The molecule has 1 N–H and O–H groups in total. The van der Waals surface area contributed by atoms with Gasteiger partial charge in [-0.2, -0.15) is 0 Å². The largest absolute Gasteiger partial charge is 0.373 e. The molecule has 1 saturated carbocycles. The monoisotopic (exact) mass is 235 g/mol. The molecular weight excluding hydrogens is 214 g/mol. The summed E-state index contributed by atoms with van der Waals surface area (Å²) in [5.74, 6) is 2.28. The fraction of sp³-hybridized carbons (Fsp3) is 0.692. The maximum absolute atomic E-state index is 5.72. The van der Waals surface area contributed by atoms with Gasteiger partial charge in [0.25, 0.3) is 0 Å². The van der Waals surface area contributed by atoms with Gasteiger partial charge in [-0.3, -0.25) is 0 Å². The molecule has 4 nitrogen and oxygen atoms in total. The molecule has 0 bridgehead atoms. The summed E-state index contributed by atoms with van der Waals surface area (Å²) < 4.78 is 5.72. The zero-order valence-electron chi connectivity index (χ0n) is 11.1. The molecular formula is C13H21N3O. The lowest BCUT2D eigenvalue weighted by Gasteiger charge is -2.24. The van der Waals surface area contributed by atoms with Crippen molar-refractivity contribution in [2.45, 2.75) is 45.1 Å². The Bertz CT molecular complexity index is 400. The summed E-state index contributed by atoms with van der Waals surface area (Å²) >= 11 is 0. The minimum absolute atomic E-state index is 0.425. The Labute approximate surface area is 103 Å². The van der Waals surface area contributed by atoms with E-state index >= 15 is 0 Å². The van der Waals surface area contributed by atoms with Crippen LogP contribution in [0.25, 0.3) is 0 Å². The third-order valence-electron chi connectivity index (χ3n) is 3.04. The van der Waals surface area contributed by atoms with Crippen LogP contribution in [0.4, 0.5) is 5.82 Å². The molecule has 0 amide bonds. The number of hydrogen-bond acceptors (Lipinski definition) is 4. The number of rotatable bonds is 5. The minimum Gasteiger partial charge on any atom is -0.373 e. The van der Waals surface area contributed by atoms with Crippen LogP contribution in [0.5, 0.6) is 0 Å². The lowest BCUT2D eigenvalue weighted by Crippen LogP contribution is -2.25. The van der Waals surface area contributed by atoms with Gasteiger partial charge >= 0.3 is 0 Å². The summed E-state index contributed by atoms with van der Waals surface area (Å²) in [5, 5.41) is 3.10. The molecule has 0 aliphatic heterocycles. The van der Waals surface area contributed by atoms with Gasteiger partial charge < -0.3 is 10.1 Å². The summed E-state index contributed by atoms with van der Waals surface area (Å²) in [5.41, 5.74) is 0.720. The molecule has 2 rings (SSSR count). The van der Waals surface area contributed by atoms with Gasteiger partial charge in [0.1, 0.15) is 11.4 Å². The number of nitrogens with zero attached hydrogens (tertiary/aromatic N) is 2. The lowest BCUT2D eigenvalue weighted by atomic mass is 10.1. The third kappa shape index (κ3) is 2.75. The summed E-state index contributed by atoms with van der Waals surface area (Å²) in [6.45, 7) is 6.69. The highest BCUT2D eigenvalue weighted by atomic mass is 16.5. The van der Waals surface area contributed by atoms with E-state index in [1.54, 1.807) is 0 Å². The number of ether oxygens (including phenoxy) is 1. The average molecular weight is 235 g/mol. The molecule has 1 aliphatic rings. The van der Waals surface area contributed by atoms with Crippen molar-refractivity contribution in [1.82, 2.24) is 9.97 Å². The van der Waals surface area contributed by atoms with Crippen LogP contribution in [0.2, 0.25) is 0 Å². The van der Waals surface area contributed by atoms with Crippen molar-refractivity contribution >= 4 is 5.82 Å². The SMILES string of the molecule is CCOC(C)(C)c1nc(NC)cc(C2CC2)n1. The predicted molar refractivity (Wildman–Crippen MR) is 68.2 cm³/mol. The van der Waals surface area contributed by atoms with E-state index in [0.29, 0.717) is 12.5 Å². The number of nitrogens with one attached hydrogen (secondary N) is 1. The smallest absolute Gasteiger partial charge is 0.162 e. The lowest BCUT2D eigenvalue weighted by molar-refractivity contribution is -0.0208. The normalized spacial score (nSPS) is 16.0. The maximum atomic E-state index is 5.72. The molecule has 17 heavy (non-hydrogen) atoms. The van der Waals surface area contributed by atoms with E-state index in [0.717, 1.165) is 17.3 Å². The van der Waals surface area contributed by atoms with Gasteiger partial charge in [-0.05, 0) is 33.6 Å². The standard InChI is InChI=1S/C13H21N3O/c1-5-17-13(2,3)12-15-10(9-6-7-9)8-11(14-4)16-12/h8-9H,5-7H2,1-4H3,(H,14,15,16). The molecule has 1 heterocycles. The molecule has 0 saturated heterocycles. The molecule has 0 spiro atoms. The van der Waals surface area contributed by atoms with Crippen molar-refractivity contribution in [3.8, 4) is 0 Å². The first-order valence-electron chi connectivity index (χ1n) is 6.28. The maximum Gasteiger partial charge on any atom is 0.162 e. The first-order valence-corrected chi connectivity index (χ1v) is 6.28. The Hall–Kier alpha value is -1.16. The second kappa shape index (κ2) is 4.61. The van der Waals surface area contributed by atoms with Crippen molar-refractivity contribution in [2.24, 2.45) is 0 Å². The molecule has 1 aromatic heterocycles. The number of hydrogen-bond donors (Lipinski definition) is 1. The summed E-state index contributed by atoms with van der Waals surface area (Å²) in [6, 6.07) is 2.04. The van der Waals surface area contributed by atoms with Crippen molar-refractivity contribution in [3.63, 3.8) is 0 Å². The van der Waals surface area contributed by atoms with E-state index in [4.69, 9.17) is 4.74 Å². The quantitative estimate of drug-likeness (QED) is 0.852. The Morgan fingerprint density at radius 3 is 2.65 bits per heavy atom. The molecule has 0 unspecified atom stereocenters. The van der Waals surface area contributed by atoms with E-state index in [-0.39, 0.29) is 0 Å². The van der Waals surface area contributed by atoms with Crippen molar-refractivity contribution in [3.05, 3.63) is 17.6 Å². The fourth-order valence-corrected chi connectivity index (χ4v) is 1.88. The van der Waals surface area contributed by atoms with Crippen molar-refractivity contribution < 1.29 is 4.74 Å². The second-order valence-corrected chi connectivity index (χ2v) is 4.97. The van der Waals surface area contributed by atoms with Crippen molar-refractivity contribution in [1.29, 1.82) is 0 Å². The third-order valence-corrected chi connectivity index (χ3v) is 3.04. The zero-order valence-corrected chi connectivity index (χ0v) is 11.1. The zero-order chi connectivity index (χ0) is 12.5. The van der Waals surface area contributed by atoms with Crippen LogP contribution in [0.1, 0.15) is 51.0 Å². The Balaban J connectivity index is 2.34. The second-order valence-electron chi connectivity index (χ2n) is 4.97. The molecule has 4 heteroatoms. The number of aromatic nitrogens is 2. The van der Waals surface area contributed by atoms with E-state index in [2.05, 4.69) is 15.3 Å². The summed E-state index contributed by atoms with van der Waals surface area (Å²) in [7, 11) is 1.89. The van der Waals surface area contributed by atoms with Crippen LogP contribution < -0.4 is 5.32 Å². The van der Waals surface area contributed by atoms with Crippen LogP contribution in [0, 0.1) is 0 Å². The highest BCUT2D eigenvalue weighted by molar-refractivity contribution is 5.38. The topological polar surface area (TPSA) is 47.0 Å². The predicted octanol–water partition coefficient (Wildman–Crippen LogP) is 2.67. The molecule has 1 fully saturated rings. The van der Waals surface area contributed by atoms with E-state index in [9.17, 15) is 0 Å². The van der Waals surface area contributed by atoms with Gasteiger partial charge in [0.05, 0.1) is 0 Å². The van der Waals surface area contributed by atoms with Gasteiger partial charge in [0.2, 0.25) is 0 Å². The van der Waals surface area contributed by atoms with Crippen LogP contribution in [-0.2, 0) is 10.3 Å². The highest BCUT2D eigenvalue weighted by Gasteiger charge is 2.30. The van der Waals surface area contributed by atoms with E-state index in [1.165, 1.54) is 12.8 Å². The number of anilines is 1. The Kier molecular flexibility index (Phi) is 3.33. The van der Waals surface area contributed by atoms with Gasteiger partial charge in [0.15, 0.2) is 5.82 Å². The summed E-state index contributed by atoms with van der Waals surface area (Å²) in [6.07, 6.45) is 2.49. The fourth-order valence-electron chi connectivity index (χ4n) is 1.88. The molecule has 1 aromatic rings. The van der Waals surface area contributed by atoms with E-state index < -0.39 is 5.60 Å². The average Bonchev–Trinajstić information content (AvgIpc) is 3.12. The molecule has 1 aliphatic carbocycles. The van der Waals surface area contributed by atoms with Gasteiger partial charge in [-0.15, -0.1) is 0 Å². The first-order chi connectivity index (χ1) is 8.06. The Morgan fingerprint density at radius 2 is 2.12 bits per heavy atom. The van der Waals surface area contributed by atoms with Gasteiger partial charge in [-0.25, -0.2) is 9.97 Å². The first kappa shape index (κ1) is 12.3. The van der Waals surface area contributed by atoms with Crippen LogP contribution in [0.15, 0.2) is 6.07 Å². The van der Waals surface area contributed by atoms with Crippen LogP contribution in [0.3, 0.4) is 0 Å². The molecule has 94 valence electrons. The molecule has 0 aromatic carbocycles. The van der Waals surface area contributed by atoms with Gasteiger partial charge in [-0.1, -0.05) is 0 Å². The van der Waals surface area contributed by atoms with Crippen LogP contribution >= 0.6 is 0 Å². The molecule has 0 atom stereocenters. The van der Waals surface area contributed by atoms with Gasteiger partial charge in [0, 0.05) is 31.3 Å². The summed E-state index contributed by atoms with van der Waals surface area (Å²) in [4.78, 5) is 9.16.